The van der Waals surface area contributed by atoms with Crippen LogP contribution in [0.1, 0.15) is 0 Å². The third kappa shape index (κ3) is 4.27. The first kappa shape index (κ1) is 23.4. The van der Waals surface area contributed by atoms with Gasteiger partial charge in [-0.2, -0.15) is 9.61 Å². The molecule has 9 heteroatoms. The number of anilines is 2. The van der Waals surface area contributed by atoms with Crippen LogP contribution in [-0.4, -0.2) is 31.9 Å². The number of ether oxygens (including phenoxy) is 1. The van der Waals surface area contributed by atoms with Crippen LogP contribution in [0.5, 0.6) is 5.75 Å². The Labute approximate surface area is 222 Å². The zero-order chi connectivity index (χ0) is 26.1. The van der Waals surface area contributed by atoms with Gasteiger partial charge in [0.15, 0.2) is 11.0 Å². The van der Waals surface area contributed by atoms with Crippen molar-refractivity contribution in [2.75, 3.05) is 12.4 Å². The number of rotatable bonds is 6. The lowest BCUT2D eigenvalue weighted by Gasteiger charge is -2.13. The minimum absolute atomic E-state index is 0.268. The molecule has 6 aromatic rings. The van der Waals surface area contributed by atoms with E-state index in [-0.39, 0.29) is 10.7 Å². The average molecular weight is 521 g/mol. The smallest absolute Gasteiger partial charge is 0.284 e. The second kappa shape index (κ2) is 9.84. The number of hydrogen-bond donors (Lipinski definition) is 2. The highest BCUT2D eigenvalue weighted by Gasteiger charge is 2.23. The van der Waals surface area contributed by atoms with Crippen molar-refractivity contribution in [3.63, 3.8) is 0 Å². The largest absolute Gasteiger partial charge is 0.497 e. The van der Waals surface area contributed by atoms with Gasteiger partial charge in [0.2, 0.25) is 0 Å². The summed E-state index contributed by atoms with van der Waals surface area (Å²) in [6, 6.07) is 30.2. The zero-order valence-corrected chi connectivity index (χ0v) is 21.0. The molecular formula is C29H21ClN6O2. The summed E-state index contributed by atoms with van der Waals surface area (Å²) in [7, 11) is 1.60. The summed E-state index contributed by atoms with van der Waals surface area (Å²) in [6.45, 7) is 0. The fourth-order valence-corrected chi connectivity index (χ4v) is 4.48. The number of fused-ring (bicyclic) bond motifs is 1. The molecule has 0 saturated carbocycles. The number of hydrogen-bond acceptors (Lipinski definition) is 6. The molecule has 3 heterocycles. The quantitative estimate of drug-likeness (QED) is 0.270. The van der Waals surface area contributed by atoms with E-state index in [1.165, 1.54) is 4.52 Å². The monoisotopic (exact) mass is 520 g/mol. The predicted octanol–water partition coefficient (Wildman–Crippen LogP) is 6.22. The van der Waals surface area contributed by atoms with E-state index in [0.717, 1.165) is 16.7 Å². The highest BCUT2D eigenvalue weighted by molar-refractivity contribution is 6.29. The Morgan fingerprint density at radius 2 is 1.45 bits per heavy atom. The van der Waals surface area contributed by atoms with Gasteiger partial charge in [0.25, 0.3) is 5.56 Å². The molecule has 0 amide bonds. The molecule has 3 aromatic heterocycles. The topological polar surface area (TPSA) is 97.2 Å². The SMILES string of the molecule is COc1ccc(-c2c(Nc3ccc(Cl)nn3)[nH]c3c(-c4ccccc4)c(-c4ccccc4)nn3c2=O)cc1. The molecule has 6 rings (SSSR count). The van der Waals surface area contributed by atoms with E-state index in [4.69, 9.17) is 21.4 Å². The van der Waals surface area contributed by atoms with Crippen LogP contribution in [0.4, 0.5) is 11.6 Å². The number of halogens is 1. The summed E-state index contributed by atoms with van der Waals surface area (Å²) < 4.78 is 6.73. The van der Waals surface area contributed by atoms with E-state index in [9.17, 15) is 4.79 Å². The summed E-state index contributed by atoms with van der Waals surface area (Å²) in [6.07, 6.45) is 0. The number of benzene rings is 3. The van der Waals surface area contributed by atoms with E-state index in [1.54, 1.807) is 31.4 Å². The molecule has 0 spiro atoms. The van der Waals surface area contributed by atoms with Gasteiger partial charge >= 0.3 is 0 Å². The van der Waals surface area contributed by atoms with Crippen LogP contribution in [0.2, 0.25) is 5.15 Å². The molecule has 0 aliphatic carbocycles. The molecule has 186 valence electrons. The molecule has 0 radical (unpaired) electrons. The van der Waals surface area contributed by atoms with Gasteiger partial charge in [0.05, 0.1) is 18.2 Å². The fourth-order valence-electron chi connectivity index (χ4n) is 4.38. The Balaban J connectivity index is 1.66. The van der Waals surface area contributed by atoms with Crippen LogP contribution < -0.4 is 15.6 Å². The average Bonchev–Trinajstić information content (AvgIpc) is 3.35. The second-order valence-electron chi connectivity index (χ2n) is 8.49. The van der Waals surface area contributed by atoms with Gasteiger partial charge in [0, 0.05) is 5.56 Å². The van der Waals surface area contributed by atoms with Crippen LogP contribution in [0.3, 0.4) is 0 Å². The summed E-state index contributed by atoms with van der Waals surface area (Å²) in [5, 5.41) is 16.4. The molecule has 0 unspecified atom stereocenters. The van der Waals surface area contributed by atoms with Crippen molar-refractivity contribution in [2.45, 2.75) is 0 Å². The molecule has 0 bridgehead atoms. The van der Waals surface area contributed by atoms with Gasteiger partial charge in [0.1, 0.15) is 22.9 Å². The lowest BCUT2D eigenvalue weighted by molar-refractivity contribution is 0.415. The molecule has 0 aliphatic heterocycles. The molecule has 0 fully saturated rings. The highest BCUT2D eigenvalue weighted by Crippen LogP contribution is 2.36. The molecular weight excluding hydrogens is 500 g/mol. The predicted molar refractivity (Wildman–Crippen MR) is 149 cm³/mol. The number of nitrogens with one attached hydrogen (secondary N) is 2. The number of H-pyrrole nitrogens is 1. The zero-order valence-electron chi connectivity index (χ0n) is 20.2. The van der Waals surface area contributed by atoms with Crippen molar-refractivity contribution in [1.29, 1.82) is 0 Å². The van der Waals surface area contributed by atoms with Crippen LogP contribution >= 0.6 is 11.6 Å². The van der Waals surface area contributed by atoms with Crippen LogP contribution in [0.25, 0.3) is 39.2 Å². The minimum atomic E-state index is -0.298. The molecule has 8 nitrogen and oxygen atoms in total. The third-order valence-corrected chi connectivity index (χ3v) is 6.36. The normalized spacial score (nSPS) is 11.0. The first-order chi connectivity index (χ1) is 18.6. The van der Waals surface area contributed by atoms with Crippen molar-refractivity contribution in [2.24, 2.45) is 0 Å². The van der Waals surface area contributed by atoms with E-state index >= 15 is 0 Å². The maximum absolute atomic E-state index is 14.1. The van der Waals surface area contributed by atoms with Crippen LogP contribution in [0, 0.1) is 0 Å². The number of aromatic nitrogens is 5. The molecule has 0 aliphatic rings. The van der Waals surface area contributed by atoms with E-state index < -0.39 is 0 Å². The summed E-state index contributed by atoms with van der Waals surface area (Å²) >= 11 is 5.94. The van der Waals surface area contributed by atoms with Gasteiger partial charge in [-0.25, -0.2) is 0 Å². The number of nitrogens with zero attached hydrogens (tertiary/aromatic N) is 4. The van der Waals surface area contributed by atoms with Gasteiger partial charge in [-0.05, 0) is 35.4 Å². The van der Waals surface area contributed by atoms with Gasteiger partial charge in [-0.15, -0.1) is 10.2 Å². The Morgan fingerprint density at radius 3 is 2.08 bits per heavy atom. The Hall–Kier alpha value is -4.95. The lowest BCUT2D eigenvalue weighted by Crippen LogP contribution is -2.20. The maximum Gasteiger partial charge on any atom is 0.284 e. The second-order valence-corrected chi connectivity index (χ2v) is 8.88. The molecule has 38 heavy (non-hydrogen) atoms. The van der Waals surface area contributed by atoms with E-state index in [0.29, 0.717) is 39.9 Å². The van der Waals surface area contributed by atoms with Crippen molar-refractivity contribution < 1.29 is 4.74 Å². The number of aromatic amines is 1. The van der Waals surface area contributed by atoms with Gasteiger partial charge in [-0.3, -0.25) is 4.79 Å². The van der Waals surface area contributed by atoms with Crippen LogP contribution in [-0.2, 0) is 0 Å². The summed E-state index contributed by atoms with van der Waals surface area (Å²) in [5.41, 5.74) is 4.62. The minimum Gasteiger partial charge on any atom is -0.497 e. The fraction of sp³-hybridized carbons (Fsp3) is 0.0345. The maximum atomic E-state index is 14.1. The Bertz CT molecular complexity index is 1780. The molecule has 0 saturated heterocycles. The molecule has 2 N–H and O–H groups in total. The van der Waals surface area contributed by atoms with Crippen molar-refractivity contribution in [1.82, 2.24) is 24.8 Å². The lowest BCUT2D eigenvalue weighted by atomic mass is 10.0. The number of methoxy groups -OCH3 is 1. The summed E-state index contributed by atoms with van der Waals surface area (Å²) in [5.74, 6) is 1.55. The molecule has 3 aromatic carbocycles. The van der Waals surface area contributed by atoms with E-state index in [1.807, 2.05) is 72.8 Å². The highest BCUT2D eigenvalue weighted by atomic mass is 35.5. The van der Waals surface area contributed by atoms with Crippen molar-refractivity contribution >= 4 is 28.9 Å². The van der Waals surface area contributed by atoms with Gasteiger partial charge in [-0.1, -0.05) is 84.4 Å². The third-order valence-electron chi connectivity index (χ3n) is 6.16. The first-order valence-corrected chi connectivity index (χ1v) is 12.2. The summed E-state index contributed by atoms with van der Waals surface area (Å²) in [4.78, 5) is 17.6. The van der Waals surface area contributed by atoms with Crippen molar-refractivity contribution in [3.05, 3.63) is 113 Å². The van der Waals surface area contributed by atoms with Crippen molar-refractivity contribution in [3.8, 4) is 39.3 Å². The van der Waals surface area contributed by atoms with E-state index in [2.05, 4.69) is 20.5 Å². The first-order valence-electron chi connectivity index (χ1n) is 11.8. The standard InChI is InChI=1S/C29H21ClN6O2/c1-38-21-14-12-19(13-15-21)25-27(31-23-17-16-22(30)33-34-23)32-28-24(18-8-4-2-5-9-18)26(35-36(28)29(25)37)20-10-6-3-7-11-20/h2-17,32H,1H3,(H,31,34). The van der Waals surface area contributed by atoms with Crippen LogP contribution in [0.15, 0.2) is 102 Å². The Kier molecular flexibility index (Phi) is 6.07. The molecule has 0 atom stereocenters. The van der Waals surface area contributed by atoms with Gasteiger partial charge < -0.3 is 15.0 Å². The Morgan fingerprint density at radius 1 is 0.789 bits per heavy atom.